The lowest BCUT2D eigenvalue weighted by molar-refractivity contribution is -0.119. The molecule has 1 aliphatic carbocycles. The van der Waals surface area contributed by atoms with E-state index in [0.717, 1.165) is 24.0 Å². The summed E-state index contributed by atoms with van der Waals surface area (Å²) in [6, 6.07) is 14.2. The predicted octanol–water partition coefficient (Wildman–Crippen LogP) is 3.59. The third-order valence-corrected chi connectivity index (χ3v) is 6.47. The fraction of sp³-hybridized carbons (Fsp3) is 0.381. The van der Waals surface area contributed by atoms with E-state index in [0.29, 0.717) is 11.6 Å². The summed E-state index contributed by atoms with van der Waals surface area (Å²) in [6.07, 6.45) is 1.92. The number of nitrogens with zero attached hydrogens (tertiary/aromatic N) is 1. The van der Waals surface area contributed by atoms with Gasteiger partial charge in [-0.2, -0.15) is 0 Å². The quantitative estimate of drug-likeness (QED) is 0.791. The van der Waals surface area contributed by atoms with Crippen molar-refractivity contribution in [2.75, 3.05) is 10.8 Å². The van der Waals surface area contributed by atoms with Crippen LogP contribution in [0, 0.1) is 6.92 Å². The van der Waals surface area contributed by atoms with Gasteiger partial charge in [-0.3, -0.25) is 9.10 Å². The number of rotatable bonds is 7. The molecule has 1 N–H and O–H groups in total. The molecule has 0 saturated heterocycles. The maximum absolute atomic E-state index is 13.2. The van der Waals surface area contributed by atoms with Crippen molar-refractivity contribution in [3.05, 3.63) is 59.7 Å². The molecule has 0 radical (unpaired) electrons. The highest BCUT2D eigenvalue weighted by molar-refractivity contribution is 7.92. The summed E-state index contributed by atoms with van der Waals surface area (Å²) in [4.78, 5) is 12.5. The molecule has 0 bridgehead atoms. The second kappa shape index (κ2) is 7.72. The minimum absolute atomic E-state index is 0.181. The Morgan fingerprint density at radius 3 is 2.19 bits per heavy atom. The molecule has 144 valence electrons. The van der Waals surface area contributed by atoms with E-state index in [4.69, 9.17) is 0 Å². The van der Waals surface area contributed by atoms with Crippen LogP contribution in [0.4, 0.5) is 5.69 Å². The fourth-order valence-corrected chi connectivity index (χ4v) is 4.23. The Hall–Kier alpha value is -2.34. The van der Waals surface area contributed by atoms with Crippen molar-refractivity contribution in [2.24, 2.45) is 0 Å². The summed E-state index contributed by atoms with van der Waals surface area (Å²) in [7, 11) is -3.84. The highest BCUT2D eigenvalue weighted by Crippen LogP contribution is 2.26. The second-order valence-corrected chi connectivity index (χ2v) is 9.28. The molecule has 2 aromatic carbocycles. The van der Waals surface area contributed by atoms with Gasteiger partial charge in [-0.05, 0) is 55.5 Å². The fourth-order valence-electron chi connectivity index (χ4n) is 2.81. The molecule has 0 unspecified atom stereocenters. The van der Waals surface area contributed by atoms with Gasteiger partial charge in [0.2, 0.25) is 5.91 Å². The van der Waals surface area contributed by atoms with E-state index in [1.54, 1.807) is 36.4 Å². The van der Waals surface area contributed by atoms with Gasteiger partial charge in [0.1, 0.15) is 6.54 Å². The Morgan fingerprint density at radius 2 is 1.67 bits per heavy atom. The summed E-state index contributed by atoms with van der Waals surface area (Å²) >= 11 is 0. The first kappa shape index (κ1) is 19.4. The van der Waals surface area contributed by atoms with E-state index < -0.39 is 10.0 Å². The zero-order valence-corrected chi connectivity index (χ0v) is 16.8. The molecule has 1 aliphatic rings. The Kier molecular flexibility index (Phi) is 5.56. The van der Waals surface area contributed by atoms with Crippen LogP contribution in [0.5, 0.6) is 0 Å². The first-order chi connectivity index (χ1) is 12.8. The number of carbonyl (C=O) groups is 1. The first-order valence-electron chi connectivity index (χ1n) is 9.26. The van der Waals surface area contributed by atoms with E-state index in [1.807, 2.05) is 19.1 Å². The monoisotopic (exact) mass is 386 g/mol. The highest BCUT2D eigenvalue weighted by Gasteiger charge is 2.29. The molecule has 1 amide bonds. The van der Waals surface area contributed by atoms with Crippen LogP contribution in [0.25, 0.3) is 0 Å². The minimum atomic E-state index is -3.84. The number of hydrogen-bond donors (Lipinski definition) is 1. The lowest BCUT2D eigenvalue weighted by atomic mass is 10.0. The number of anilines is 1. The average molecular weight is 387 g/mol. The van der Waals surface area contributed by atoms with Crippen LogP contribution >= 0.6 is 0 Å². The number of hydrogen-bond acceptors (Lipinski definition) is 3. The Morgan fingerprint density at radius 1 is 1.07 bits per heavy atom. The van der Waals surface area contributed by atoms with E-state index in [9.17, 15) is 13.2 Å². The lowest BCUT2D eigenvalue weighted by Gasteiger charge is -2.24. The molecular formula is C21H26N2O3S. The van der Waals surface area contributed by atoms with Crippen LogP contribution in [-0.2, 0) is 14.8 Å². The molecule has 5 nitrogen and oxygen atoms in total. The molecular weight excluding hydrogens is 360 g/mol. The summed E-state index contributed by atoms with van der Waals surface area (Å²) in [5.41, 5.74) is 2.59. The standard InChI is InChI=1S/C21H26N2O3S/c1-15(2)17-6-10-19(11-7-17)23(14-21(24)22-18-8-9-18)27(25,26)20-12-4-16(3)5-13-20/h4-7,10-13,15,18H,8-9,14H2,1-3H3,(H,22,24). The van der Waals surface area contributed by atoms with Gasteiger partial charge in [-0.25, -0.2) is 8.42 Å². The summed E-state index contributed by atoms with van der Waals surface area (Å²) in [5, 5.41) is 2.87. The number of benzene rings is 2. The predicted molar refractivity (Wildman–Crippen MR) is 107 cm³/mol. The average Bonchev–Trinajstić information content (AvgIpc) is 3.44. The third kappa shape index (κ3) is 4.69. The largest absolute Gasteiger partial charge is 0.352 e. The molecule has 6 heteroatoms. The van der Waals surface area contributed by atoms with Crippen LogP contribution < -0.4 is 9.62 Å². The molecule has 27 heavy (non-hydrogen) atoms. The summed E-state index contributed by atoms with van der Waals surface area (Å²) < 4.78 is 27.7. The van der Waals surface area contributed by atoms with Crippen LogP contribution in [0.2, 0.25) is 0 Å². The van der Waals surface area contributed by atoms with Gasteiger partial charge >= 0.3 is 0 Å². The number of carbonyl (C=O) groups excluding carboxylic acids is 1. The maximum Gasteiger partial charge on any atom is 0.264 e. The smallest absolute Gasteiger partial charge is 0.264 e. The lowest BCUT2D eigenvalue weighted by Crippen LogP contribution is -2.41. The zero-order valence-electron chi connectivity index (χ0n) is 16.0. The number of sulfonamides is 1. The molecule has 0 aromatic heterocycles. The molecule has 1 saturated carbocycles. The van der Waals surface area contributed by atoms with Crippen LogP contribution in [-0.4, -0.2) is 26.9 Å². The number of amides is 1. The van der Waals surface area contributed by atoms with Crippen molar-refractivity contribution in [1.82, 2.24) is 5.32 Å². The molecule has 3 rings (SSSR count). The molecule has 0 aliphatic heterocycles. The molecule has 0 spiro atoms. The zero-order chi connectivity index (χ0) is 19.6. The van der Waals surface area contributed by atoms with Crippen molar-refractivity contribution in [1.29, 1.82) is 0 Å². The van der Waals surface area contributed by atoms with E-state index in [1.165, 1.54) is 4.31 Å². The summed E-state index contributed by atoms with van der Waals surface area (Å²) in [5.74, 6) is 0.0699. The topological polar surface area (TPSA) is 66.5 Å². The van der Waals surface area contributed by atoms with Crippen molar-refractivity contribution < 1.29 is 13.2 Å². The Balaban J connectivity index is 1.95. The van der Waals surface area contributed by atoms with E-state index in [2.05, 4.69) is 19.2 Å². The van der Waals surface area contributed by atoms with E-state index in [-0.39, 0.29) is 23.4 Å². The van der Waals surface area contributed by atoms with Crippen LogP contribution in [0.1, 0.15) is 43.7 Å². The van der Waals surface area contributed by atoms with Crippen LogP contribution in [0.3, 0.4) is 0 Å². The number of aryl methyl sites for hydroxylation is 1. The van der Waals surface area contributed by atoms with Gasteiger partial charge in [0, 0.05) is 6.04 Å². The first-order valence-corrected chi connectivity index (χ1v) is 10.7. The van der Waals surface area contributed by atoms with Crippen molar-refractivity contribution >= 4 is 21.6 Å². The minimum Gasteiger partial charge on any atom is -0.352 e. The molecule has 0 atom stereocenters. The third-order valence-electron chi connectivity index (χ3n) is 4.69. The summed E-state index contributed by atoms with van der Waals surface area (Å²) in [6.45, 7) is 5.84. The highest BCUT2D eigenvalue weighted by atomic mass is 32.2. The van der Waals surface area contributed by atoms with Gasteiger partial charge in [-0.15, -0.1) is 0 Å². The molecule has 2 aromatic rings. The molecule has 0 heterocycles. The Bertz CT molecular complexity index is 899. The number of nitrogens with one attached hydrogen (secondary N) is 1. The van der Waals surface area contributed by atoms with Gasteiger partial charge < -0.3 is 5.32 Å². The van der Waals surface area contributed by atoms with Crippen LogP contribution in [0.15, 0.2) is 53.4 Å². The van der Waals surface area contributed by atoms with Gasteiger partial charge in [0.05, 0.1) is 10.6 Å². The van der Waals surface area contributed by atoms with Gasteiger partial charge in [-0.1, -0.05) is 43.7 Å². The van der Waals surface area contributed by atoms with Gasteiger partial charge in [0.15, 0.2) is 0 Å². The SMILES string of the molecule is Cc1ccc(S(=O)(=O)N(CC(=O)NC2CC2)c2ccc(C(C)C)cc2)cc1. The van der Waals surface area contributed by atoms with E-state index >= 15 is 0 Å². The maximum atomic E-state index is 13.2. The second-order valence-electron chi connectivity index (χ2n) is 7.41. The molecule has 1 fully saturated rings. The van der Waals surface area contributed by atoms with Crippen molar-refractivity contribution in [3.8, 4) is 0 Å². The van der Waals surface area contributed by atoms with Crippen molar-refractivity contribution in [3.63, 3.8) is 0 Å². The van der Waals surface area contributed by atoms with Crippen molar-refractivity contribution in [2.45, 2.75) is 50.5 Å². The normalized spacial score (nSPS) is 14.2. The Labute approximate surface area is 161 Å². The van der Waals surface area contributed by atoms with Gasteiger partial charge in [0.25, 0.3) is 10.0 Å².